The van der Waals surface area contributed by atoms with E-state index in [1.165, 1.54) is 12.1 Å². The number of rotatable bonds is 5. The van der Waals surface area contributed by atoms with E-state index in [4.69, 9.17) is 4.52 Å². The summed E-state index contributed by atoms with van der Waals surface area (Å²) in [6.07, 6.45) is -1.11. The highest BCUT2D eigenvalue weighted by molar-refractivity contribution is 5.85. The van der Waals surface area contributed by atoms with Gasteiger partial charge in [0.2, 0.25) is 23.5 Å². The molecule has 1 aromatic heterocycles. The lowest BCUT2D eigenvalue weighted by atomic mass is 10.1. The highest BCUT2D eigenvalue weighted by Gasteiger charge is 2.31. The topological polar surface area (TPSA) is 82.8 Å². The van der Waals surface area contributed by atoms with Gasteiger partial charge in [0.1, 0.15) is 0 Å². The highest BCUT2D eigenvalue weighted by Crippen LogP contribution is 2.31. The van der Waals surface area contributed by atoms with Gasteiger partial charge in [0, 0.05) is 44.7 Å². The number of likely N-dealkylation sites (tertiary alicyclic amines) is 1. The Balaban J connectivity index is 1.29. The van der Waals surface area contributed by atoms with Gasteiger partial charge in [-0.3, -0.25) is 14.5 Å². The summed E-state index contributed by atoms with van der Waals surface area (Å²) in [5.74, 6) is 0.409. The number of hydrogen-bond acceptors (Lipinski definition) is 6. The van der Waals surface area contributed by atoms with Crippen LogP contribution in [0.1, 0.15) is 37.1 Å². The van der Waals surface area contributed by atoms with E-state index in [9.17, 15) is 22.8 Å². The summed E-state index contributed by atoms with van der Waals surface area (Å²) in [6, 6.07) is 4.80. The van der Waals surface area contributed by atoms with Crippen LogP contribution in [0.2, 0.25) is 0 Å². The maximum Gasteiger partial charge on any atom is 0.416 e. The average molecular weight is 465 g/mol. The van der Waals surface area contributed by atoms with Crippen molar-refractivity contribution in [2.75, 3.05) is 39.3 Å². The number of nitrogens with zero attached hydrogens (tertiary/aromatic N) is 5. The van der Waals surface area contributed by atoms with E-state index in [2.05, 4.69) is 10.1 Å². The molecule has 0 saturated carbocycles. The molecule has 0 aliphatic carbocycles. The predicted octanol–water partition coefficient (Wildman–Crippen LogP) is 2.80. The minimum atomic E-state index is -4.44. The predicted molar refractivity (Wildman–Crippen MR) is 112 cm³/mol. The first-order valence-electron chi connectivity index (χ1n) is 11.1. The second-order valence-corrected chi connectivity index (χ2v) is 8.37. The molecule has 1 aromatic carbocycles. The molecule has 2 amide bonds. The monoisotopic (exact) mass is 465 g/mol. The second kappa shape index (κ2) is 9.90. The normalized spacial score (nSPS) is 18.5. The van der Waals surface area contributed by atoms with E-state index in [1.807, 2.05) is 4.90 Å². The van der Waals surface area contributed by atoms with Gasteiger partial charge in [-0.15, -0.1) is 0 Å². The summed E-state index contributed by atoms with van der Waals surface area (Å²) >= 11 is 0. The summed E-state index contributed by atoms with van der Waals surface area (Å²) in [4.78, 5) is 34.5. The Morgan fingerprint density at radius 2 is 1.85 bits per heavy atom. The minimum absolute atomic E-state index is 0.0467. The van der Waals surface area contributed by atoms with Gasteiger partial charge in [-0.05, 0) is 25.0 Å². The van der Waals surface area contributed by atoms with Crippen LogP contribution >= 0.6 is 0 Å². The molecule has 2 aliphatic heterocycles. The largest absolute Gasteiger partial charge is 0.416 e. The molecular formula is C22H26F3N5O3. The van der Waals surface area contributed by atoms with Gasteiger partial charge in [-0.25, -0.2) is 0 Å². The maximum absolute atomic E-state index is 12.9. The minimum Gasteiger partial charge on any atom is -0.339 e. The fourth-order valence-electron chi connectivity index (χ4n) is 4.09. The van der Waals surface area contributed by atoms with E-state index in [-0.39, 0.29) is 29.7 Å². The number of aromatic nitrogens is 2. The molecule has 0 radical (unpaired) electrons. The number of piperazine rings is 1. The van der Waals surface area contributed by atoms with Crippen molar-refractivity contribution < 1.29 is 27.3 Å². The lowest BCUT2D eigenvalue weighted by molar-refractivity contribution is -0.141. The third-order valence-corrected chi connectivity index (χ3v) is 6.00. The smallest absolute Gasteiger partial charge is 0.339 e. The Labute approximate surface area is 189 Å². The summed E-state index contributed by atoms with van der Waals surface area (Å²) < 4.78 is 44.0. The fourth-order valence-corrected chi connectivity index (χ4v) is 4.09. The average Bonchev–Trinajstić information content (AvgIpc) is 3.17. The molecule has 178 valence electrons. The van der Waals surface area contributed by atoms with Gasteiger partial charge < -0.3 is 14.3 Å². The third kappa shape index (κ3) is 5.89. The Morgan fingerprint density at radius 3 is 2.61 bits per heavy atom. The van der Waals surface area contributed by atoms with Crippen molar-refractivity contribution in [2.45, 2.75) is 38.4 Å². The Hall–Kier alpha value is -2.95. The highest BCUT2D eigenvalue weighted by atomic mass is 19.4. The molecule has 4 rings (SSSR count). The lowest BCUT2D eigenvalue weighted by Gasteiger charge is -2.35. The summed E-state index contributed by atoms with van der Waals surface area (Å²) in [5, 5.41) is 3.82. The van der Waals surface area contributed by atoms with Crippen LogP contribution in [0.15, 0.2) is 28.8 Å². The van der Waals surface area contributed by atoms with Gasteiger partial charge in [0.05, 0.1) is 18.7 Å². The SMILES string of the molecule is O=C(CN1CCCCCC1=O)N1CCN(Cc2nc(-c3cccc(C(F)(F)F)c3)no2)CC1. The third-order valence-electron chi connectivity index (χ3n) is 6.00. The molecule has 0 unspecified atom stereocenters. The van der Waals surface area contributed by atoms with Gasteiger partial charge in [0.25, 0.3) is 0 Å². The van der Waals surface area contributed by atoms with E-state index in [1.54, 1.807) is 9.80 Å². The molecule has 0 atom stereocenters. The van der Waals surface area contributed by atoms with E-state index >= 15 is 0 Å². The van der Waals surface area contributed by atoms with Crippen LogP contribution in [0.25, 0.3) is 11.4 Å². The zero-order valence-corrected chi connectivity index (χ0v) is 18.2. The lowest BCUT2D eigenvalue weighted by Crippen LogP contribution is -2.51. The van der Waals surface area contributed by atoms with Gasteiger partial charge in [-0.2, -0.15) is 18.2 Å². The molecule has 33 heavy (non-hydrogen) atoms. The van der Waals surface area contributed by atoms with Gasteiger partial charge in [0.15, 0.2) is 0 Å². The van der Waals surface area contributed by atoms with Crippen molar-refractivity contribution >= 4 is 11.8 Å². The van der Waals surface area contributed by atoms with Crippen LogP contribution in [-0.2, 0) is 22.3 Å². The standard InChI is InChI=1S/C22H26F3N5O3/c23-22(24,25)17-6-4-5-16(13-17)21-26-18(33-27-21)14-28-9-11-29(12-10-28)20(32)15-30-8-3-1-2-7-19(30)31/h4-6,13H,1-3,7-12,14-15H2. The van der Waals surface area contributed by atoms with Crippen molar-refractivity contribution in [3.05, 3.63) is 35.7 Å². The summed E-state index contributed by atoms with van der Waals surface area (Å²) in [5.41, 5.74) is -0.535. The number of alkyl halides is 3. The van der Waals surface area contributed by atoms with Crippen molar-refractivity contribution in [3.63, 3.8) is 0 Å². The van der Waals surface area contributed by atoms with E-state index in [0.717, 1.165) is 31.4 Å². The second-order valence-electron chi connectivity index (χ2n) is 8.37. The van der Waals surface area contributed by atoms with Crippen molar-refractivity contribution in [3.8, 4) is 11.4 Å². The zero-order valence-electron chi connectivity index (χ0n) is 18.2. The molecular weight excluding hydrogens is 439 g/mol. The van der Waals surface area contributed by atoms with Gasteiger partial charge >= 0.3 is 6.18 Å². The van der Waals surface area contributed by atoms with Crippen LogP contribution in [-0.4, -0.2) is 75.9 Å². The molecule has 3 heterocycles. The molecule has 0 spiro atoms. The number of halogens is 3. The Kier molecular flexibility index (Phi) is 6.96. The van der Waals surface area contributed by atoms with Crippen molar-refractivity contribution in [2.24, 2.45) is 0 Å². The molecule has 11 heteroatoms. The van der Waals surface area contributed by atoms with Crippen molar-refractivity contribution in [1.82, 2.24) is 24.8 Å². The molecule has 0 N–H and O–H groups in total. The molecule has 2 fully saturated rings. The summed E-state index contributed by atoms with van der Waals surface area (Å²) in [6.45, 7) is 3.35. The zero-order chi connectivity index (χ0) is 23.4. The number of hydrogen-bond donors (Lipinski definition) is 0. The first-order chi connectivity index (χ1) is 15.8. The van der Waals surface area contributed by atoms with Crippen LogP contribution < -0.4 is 0 Å². The van der Waals surface area contributed by atoms with Crippen LogP contribution in [0.5, 0.6) is 0 Å². The van der Waals surface area contributed by atoms with Crippen LogP contribution in [0.4, 0.5) is 13.2 Å². The van der Waals surface area contributed by atoms with E-state index < -0.39 is 11.7 Å². The van der Waals surface area contributed by atoms with Crippen molar-refractivity contribution in [1.29, 1.82) is 0 Å². The first-order valence-corrected chi connectivity index (χ1v) is 11.1. The van der Waals surface area contributed by atoms with Crippen LogP contribution in [0, 0.1) is 0 Å². The number of amides is 2. The first kappa shape index (κ1) is 23.2. The van der Waals surface area contributed by atoms with Gasteiger partial charge in [-0.1, -0.05) is 23.7 Å². The van der Waals surface area contributed by atoms with E-state index in [0.29, 0.717) is 51.6 Å². The molecule has 2 aromatic rings. The molecule has 2 aliphatic rings. The Morgan fingerprint density at radius 1 is 1.06 bits per heavy atom. The van der Waals surface area contributed by atoms with Crippen LogP contribution in [0.3, 0.4) is 0 Å². The fraction of sp³-hybridized carbons (Fsp3) is 0.545. The molecule has 8 nitrogen and oxygen atoms in total. The number of benzene rings is 1. The number of carbonyl (C=O) groups is 2. The number of carbonyl (C=O) groups excluding carboxylic acids is 2. The Bertz CT molecular complexity index is 986. The quantitative estimate of drug-likeness (QED) is 0.676. The summed E-state index contributed by atoms with van der Waals surface area (Å²) in [7, 11) is 0. The molecule has 2 saturated heterocycles. The maximum atomic E-state index is 12.9. The molecule has 0 bridgehead atoms.